The van der Waals surface area contributed by atoms with Crippen LogP contribution in [0.1, 0.15) is 24.8 Å². The Kier molecular flexibility index (Phi) is 4.81. The van der Waals surface area contributed by atoms with Crippen molar-refractivity contribution in [3.8, 4) is 5.75 Å². The van der Waals surface area contributed by atoms with Crippen LogP contribution in [0.15, 0.2) is 82.6 Å². The second-order valence-electron chi connectivity index (χ2n) is 7.58. The van der Waals surface area contributed by atoms with Crippen molar-refractivity contribution in [3.05, 3.63) is 78.4 Å². The highest BCUT2D eigenvalue weighted by atomic mass is 32.2. The first-order valence-electron chi connectivity index (χ1n) is 10.0. The molecule has 2 heterocycles. The third kappa shape index (κ3) is 3.46. The Bertz CT molecular complexity index is 851. The summed E-state index contributed by atoms with van der Waals surface area (Å²) < 4.78 is 6.27. The summed E-state index contributed by atoms with van der Waals surface area (Å²) in [6, 6.07) is 17.9. The molecular formula is C24H26NOS+. The van der Waals surface area contributed by atoms with Gasteiger partial charge in [0, 0.05) is 6.54 Å². The Balaban J connectivity index is 1.43. The Morgan fingerprint density at radius 2 is 1.67 bits per heavy atom. The van der Waals surface area contributed by atoms with Crippen molar-refractivity contribution in [3.63, 3.8) is 0 Å². The second kappa shape index (κ2) is 7.57. The number of hydrogen-bond donors (Lipinski definition) is 0. The molecule has 5 rings (SSSR count). The molecule has 0 bridgehead atoms. The van der Waals surface area contributed by atoms with Crippen molar-refractivity contribution in [2.75, 3.05) is 13.1 Å². The van der Waals surface area contributed by atoms with E-state index >= 15 is 0 Å². The number of rotatable bonds is 3. The first-order chi connectivity index (χ1) is 13.4. The van der Waals surface area contributed by atoms with Gasteiger partial charge in [-0.1, -0.05) is 42.8 Å². The lowest BCUT2D eigenvalue weighted by Gasteiger charge is -2.30. The molecule has 3 atom stereocenters. The van der Waals surface area contributed by atoms with Gasteiger partial charge in [-0.2, -0.15) is 0 Å². The number of nitrogens with zero attached hydrogens (tertiary/aromatic N) is 1. The normalized spacial score (nSPS) is 26.9. The molecule has 0 radical (unpaired) electrons. The summed E-state index contributed by atoms with van der Waals surface area (Å²) in [5, 5.41) is 0.387. The SMILES string of the molecule is C1=CC2Oc3ccccc3[S+](c3ccc(CN4CCCCC4)cc3)C2C=C1. The zero-order valence-electron chi connectivity index (χ0n) is 15.6. The van der Waals surface area contributed by atoms with Crippen molar-refractivity contribution in [1.29, 1.82) is 0 Å². The quantitative estimate of drug-likeness (QED) is 0.702. The number of benzene rings is 2. The molecule has 2 aromatic rings. The smallest absolute Gasteiger partial charge is 0.203 e. The van der Waals surface area contributed by atoms with Crippen molar-refractivity contribution < 1.29 is 4.74 Å². The van der Waals surface area contributed by atoms with Crippen LogP contribution in [-0.2, 0) is 17.4 Å². The van der Waals surface area contributed by atoms with Gasteiger partial charge in [-0.05, 0) is 67.9 Å². The van der Waals surface area contributed by atoms with E-state index in [1.807, 2.05) is 0 Å². The summed E-state index contributed by atoms with van der Waals surface area (Å²) >= 11 is 0. The summed E-state index contributed by atoms with van der Waals surface area (Å²) in [4.78, 5) is 5.35. The van der Waals surface area contributed by atoms with E-state index in [-0.39, 0.29) is 17.0 Å². The lowest BCUT2D eigenvalue weighted by Crippen LogP contribution is -2.40. The summed E-state index contributed by atoms with van der Waals surface area (Å²) in [6.07, 6.45) is 13.0. The molecule has 0 saturated carbocycles. The standard InChI is InChI=1S/C24H26NOS/c1-6-16-25(17-7-1)18-19-12-14-20(15-13-19)27-23-10-4-2-8-21(23)26-22-9-3-5-11-24(22)27/h2-5,8-15,21,23H,1,6-7,16-18H2/q+1. The van der Waals surface area contributed by atoms with Gasteiger partial charge in [0.25, 0.3) is 0 Å². The third-order valence-corrected chi connectivity index (χ3v) is 8.25. The van der Waals surface area contributed by atoms with Crippen LogP contribution >= 0.6 is 0 Å². The minimum Gasteiger partial charge on any atom is -0.475 e. The molecule has 0 aromatic heterocycles. The monoisotopic (exact) mass is 376 g/mol. The molecule has 2 aliphatic heterocycles. The zero-order chi connectivity index (χ0) is 18.1. The van der Waals surface area contributed by atoms with Gasteiger partial charge in [-0.15, -0.1) is 0 Å². The highest BCUT2D eigenvalue weighted by Gasteiger charge is 2.46. The minimum absolute atomic E-state index is 0.00888. The number of ether oxygens (including phenoxy) is 1. The maximum atomic E-state index is 6.27. The first-order valence-corrected chi connectivity index (χ1v) is 11.3. The number of likely N-dealkylation sites (tertiary alicyclic amines) is 1. The fourth-order valence-corrected chi connectivity index (χ4v) is 6.82. The molecule has 1 saturated heterocycles. The van der Waals surface area contributed by atoms with Crippen LogP contribution in [0.25, 0.3) is 0 Å². The summed E-state index contributed by atoms with van der Waals surface area (Å²) in [5.74, 6) is 1.04. The van der Waals surface area contributed by atoms with Gasteiger partial charge >= 0.3 is 0 Å². The van der Waals surface area contributed by atoms with Crippen molar-refractivity contribution in [2.24, 2.45) is 0 Å². The van der Waals surface area contributed by atoms with Gasteiger partial charge in [-0.25, -0.2) is 0 Å². The van der Waals surface area contributed by atoms with Gasteiger partial charge < -0.3 is 4.74 Å². The van der Waals surface area contributed by atoms with Gasteiger partial charge in [0.15, 0.2) is 22.0 Å². The maximum Gasteiger partial charge on any atom is 0.203 e. The number of piperidine rings is 1. The molecule has 138 valence electrons. The summed E-state index contributed by atoms with van der Waals surface area (Å²) in [5.41, 5.74) is 1.43. The molecule has 3 aliphatic rings. The van der Waals surface area contributed by atoms with Crippen LogP contribution < -0.4 is 4.74 Å². The highest BCUT2D eigenvalue weighted by molar-refractivity contribution is 7.98. The lowest BCUT2D eigenvalue weighted by molar-refractivity contribution is 0.221. The average Bonchev–Trinajstić information content (AvgIpc) is 2.73. The fourth-order valence-electron chi connectivity index (χ4n) is 4.31. The van der Waals surface area contributed by atoms with Crippen molar-refractivity contribution in [2.45, 2.75) is 47.0 Å². The summed E-state index contributed by atoms with van der Waals surface area (Å²) in [7, 11) is 0.00888. The van der Waals surface area contributed by atoms with E-state index < -0.39 is 0 Å². The van der Waals surface area contributed by atoms with E-state index in [9.17, 15) is 0 Å². The van der Waals surface area contributed by atoms with E-state index in [4.69, 9.17) is 4.74 Å². The van der Waals surface area contributed by atoms with E-state index in [0.29, 0.717) is 5.25 Å². The molecule has 0 amide bonds. The average molecular weight is 377 g/mol. The molecule has 2 aromatic carbocycles. The van der Waals surface area contributed by atoms with Gasteiger partial charge in [-0.3, -0.25) is 4.90 Å². The summed E-state index contributed by atoms with van der Waals surface area (Å²) in [6.45, 7) is 3.58. The van der Waals surface area contributed by atoms with Crippen LogP contribution in [0.5, 0.6) is 5.75 Å². The van der Waals surface area contributed by atoms with Crippen LogP contribution in [-0.4, -0.2) is 29.3 Å². The van der Waals surface area contributed by atoms with Crippen molar-refractivity contribution in [1.82, 2.24) is 4.90 Å². The third-order valence-electron chi connectivity index (χ3n) is 5.69. The second-order valence-corrected chi connectivity index (χ2v) is 9.71. The van der Waals surface area contributed by atoms with E-state index in [2.05, 4.69) is 77.7 Å². The predicted octanol–water partition coefficient (Wildman–Crippen LogP) is 4.96. The van der Waals surface area contributed by atoms with Gasteiger partial charge in [0.1, 0.15) is 0 Å². The number of hydrogen-bond acceptors (Lipinski definition) is 2. The highest BCUT2D eigenvalue weighted by Crippen LogP contribution is 2.42. The molecule has 27 heavy (non-hydrogen) atoms. The Morgan fingerprint density at radius 1 is 0.889 bits per heavy atom. The van der Waals surface area contributed by atoms with E-state index in [1.165, 1.54) is 47.7 Å². The van der Waals surface area contributed by atoms with E-state index in [1.54, 1.807) is 0 Å². The Labute approximate surface area is 164 Å². The van der Waals surface area contributed by atoms with Gasteiger partial charge in [0.2, 0.25) is 4.90 Å². The van der Waals surface area contributed by atoms with Crippen LogP contribution in [0.2, 0.25) is 0 Å². The molecule has 1 fully saturated rings. The van der Waals surface area contributed by atoms with E-state index in [0.717, 1.165) is 12.3 Å². The Morgan fingerprint density at radius 3 is 2.52 bits per heavy atom. The zero-order valence-corrected chi connectivity index (χ0v) is 16.4. The number of para-hydroxylation sites is 1. The maximum absolute atomic E-state index is 6.27. The molecule has 0 spiro atoms. The topological polar surface area (TPSA) is 12.5 Å². The minimum atomic E-state index is 0.00888. The predicted molar refractivity (Wildman–Crippen MR) is 112 cm³/mol. The largest absolute Gasteiger partial charge is 0.475 e. The number of allylic oxidation sites excluding steroid dienone is 2. The molecule has 2 nitrogen and oxygen atoms in total. The van der Waals surface area contributed by atoms with Crippen molar-refractivity contribution >= 4 is 10.9 Å². The van der Waals surface area contributed by atoms with Crippen LogP contribution in [0, 0.1) is 0 Å². The first kappa shape index (κ1) is 17.2. The van der Waals surface area contributed by atoms with Gasteiger partial charge in [0.05, 0.1) is 10.9 Å². The molecule has 0 N–H and O–H groups in total. The molecule has 3 heteroatoms. The Hall–Kier alpha value is -1.97. The molecule has 1 aliphatic carbocycles. The lowest BCUT2D eigenvalue weighted by atomic mass is 10.1. The fraction of sp³-hybridized carbons (Fsp3) is 0.333. The van der Waals surface area contributed by atoms with Crippen LogP contribution in [0.4, 0.5) is 0 Å². The molecular weight excluding hydrogens is 350 g/mol. The molecule has 3 unspecified atom stereocenters. The number of fused-ring (bicyclic) bond motifs is 2. The van der Waals surface area contributed by atoms with Crippen LogP contribution in [0.3, 0.4) is 0 Å².